The lowest BCUT2D eigenvalue weighted by Crippen LogP contribution is -2.39. The van der Waals surface area contributed by atoms with E-state index in [-0.39, 0.29) is 12.1 Å². The normalized spacial score (nSPS) is 14.3. The van der Waals surface area contributed by atoms with Crippen molar-refractivity contribution in [3.05, 3.63) is 0 Å². The van der Waals surface area contributed by atoms with Crippen LogP contribution >= 0.6 is 0 Å². The lowest BCUT2D eigenvalue weighted by Gasteiger charge is -2.20. The predicted octanol–water partition coefficient (Wildman–Crippen LogP) is 0.573. The summed E-state index contributed by atoms with van der Waals surface area (Å²) in [6, 6.07) is 0.275. The van der Waals surface area contributed by atoms with E-state index in [9.17, 15) is 9.59 Å². The van der Waals surface area contributed by atoms with Gasteiger partial charge in [-0.15, -0.1) is 0 Å². The van der Waals surface area contributed by atoms with E-state index in [1.807, 2.05) is 0 Å². The van der Waals surface area contributed by atoms with Crippen molar-refractivity contribution in [2.24, 2.45) is 0 Å². The molecular weight excluding hydrogens is 200 g/mol. The average Bonchev–Trinajstić information content (AvgIpc) is 3.06. The Balaban J connectivity index is 2.26. The highest BCUT2D eigenvalue weighted by molar-refractivity contribution is 5.69. The third-order valence-electron chi connectivity index (χ3n) is 2.20. The largest absolute Gasteiger partial charge is 0.453 e. The molecule has 0 aromatic heterocycles. The molecular formula is C9H16N2O4. The van der Waals surface area contributed by atoms with E-state index in [4.69, 9.17) is 0 Å². The number of hydrogen-bond acceptors (Lipinski definition) is 4. The van der Waals surface area contributed by atoms with E-state index >= 15 is 0 Å². The summed E-state index contributed by atoms with van der Waals surface area (Å²) in [7, 11) is 2.65. The fraction of sp³-hybridized carbons (Fsp3) is 0.778. The van der Waals surface area contributed by atoms with Crippen LogP contribution in [0.1, 0.15) is 12.8 Å². The van der Waals surface area contributed by atoms with E-state index < -0.39 is 6.09 Å². The van der Waals surface area contributed by atoms with Crippen molar-refractivity contribution in [1.82, 2.24) is 10.2 Å². The Labute approximate surface area is 88.5 Å². The molecule has 1 saturated carbocycles. The molecule has 6 nitrogen and oxygen atoms in total. The molecule has 0 aromatic carbocycles. The Bertz CT molecular complexity index is 240. The van der Waals surface area contributed by atoms with Crippen LogP contribution in [0, 0.1) is 0 Å². The minimum atomic E-state index is -0.490. The van der Waals surface area contributed by atoms with Crippen molar-refractivity contribution in [3.8, 4) is 0 Å². The summed E-state index contributed by atoms with van der Waals surface area (Å²) in [5.74, 6) is 0. The Morgan fingerprint density at radius 3 is 2.47 bits per heavy atom. The van der Waals surface area contributed by atoms with Gasteiger partial charge in [0.15, 0.2) is 0 Å². The van der Waals surface area contributed by atoms with Gasteiger partial charge in [0.05, 0.1) is 14.2 Å². The van der Waals surface area contributed by atoms with Gasteiger partial charge in [0, 0.05) is 19.1 Å². The predicted molar refractivity (Wildman–Crippen MR) is 52.5 cm³/mol. The molecule has 1 fully saturated rings. The lowest BCUT2D eigenvalue weighted by molar-refractivity contribution is 0.119. The molecule has 1 aliphatic rings. The highest BCUT2D eigenvalue weighted by Gasteiger charge is 2.32. The van der Waals surface area contributed by atoms with Crippen LogP contribution in [0.15, 0.2) is 0 Å². The average molecular weight is 216 g/mol. The summed E-state index contributed by atoms with van der Waals surface area (Å²) in [6.07, 6.45) is 1.18. The second-order valence-electron chi connectivity index (χ2n) is 3.31. The van der Waals surface area contributed by atoms with Crippen LogP contribution < -0.4 is 5.32 Å². The molecule has 0 heterocycles. The zero-order valence-corrected chi connectivity index (χ0v) is 8.99. The summed E-state index contributed by atoms with van der Waals surface area (Å²) in [4.78, 5) is 23.7. The number of nitrogens with zero attached hydrogens (tertiary/aromatic N) is 1. The van der Waals surface area contributed by atoms with Gasteiger partial charge in [-0.2, -0.15) is 0 Å². The van der Waals surface area contributed by atoms with Crippen LogP contribution in [0.5, 0.6) is 0 Å². The van der Waals surface area contributed by atoms with Crippen LogP contribution in [-0.2, 0) is 9.47 Å². The van der Waals surface area contributed by atoms with Crippen LogP contribution in [0.2, 0.25) is 0 Å². The number of carbonyl (C=O) groups is 2. The van der Waals surface area contributed by atoms with Crippen molar-refractivity contribution >= 4 is 12.2 Å². The molecule has 0 saturated heterocycles. The summed E-state index contributed by atoms with van der Waals surface area (Å²) < 4.78 is 9.05. The maximum Gasteiger partial charge on any atom is 0.409 e. The zero-order chi connectivity index (χ0) is 11.3. The number of amides is 2. The highest BCUT2D eigenvalue weighted by atomic mass is 16.5. The van der Waals surface area contributed by atoms with Gasteiger partial charge in [0.25, 0.3) is 0 Å². The molecule has 0 unspecified atom stereocenters. The molecule has 6 heteroatoms. The molecule has 1 N–H and O–H groups in total. The Morgan fingerprint density at radius 2 is 2.00 bits per heavy atom. The van der Waals surface area contributed by atoms with E-state index in [0.29, 0.717) is 13.1 Å². The van der Waals surface area contributed by atoms with Gasteiger partial charge >= 0.3 is 12.2 Å². The lowest BCUT2D eigenvalue weighted by atomic mass is 10.5. The molecule has 0 aliphatic heterocycles. The van der Waals surface area contributed by atoms with Crippen LogP contribution in [0.3, 0.4) is 0 Å². The molecule has 0 bridgehead atoms. The van der Waals surface area contributed by atoms with Crippen LogP contribution in [-0.4, -0.2) is 50.4 Å². The quantitative estimate of drug-likeness (QED) is 0.746. The van der Waals surface area contributed by atoms with E-state index in [1.54, 1.807) is 4.90 Å². The minimum absolute atomic E-state index is 0.275. The number of nitrogens with one attached hydrogen (secondary N) is 1. The maximum absolute atomic E-state index is 11.3. The van der Waals surface area contributed by atoms with Gasteiger partial charge in [-0.25, -0.2) is 9.59 Å². The van der Waals surface area contributed by atoms with Gasteiger partial charge in [-0.05, 0) is 12.8 Å². The molecule has 0 spiro atoms. The van der Waals surface area contributed by atoms with E-state index in [1.165, 1.54) is 14.2 Å². The van der Waals surface area contributed by atoms with Gasteiger partial charge in [0.2, 0.25) is 0 Å². The second kappa shape index (κ2) is 5.43. The number of methoxy groups -OCH3 is 2. The SMILES string of the molecule is COC(=O)NCCN(C(=O)OC)C1CC1. The first-order valence-electron chi connectivity index (χ1n) is 4.85. The van der Waals surface area contributed by atoms with Crippen LogP contribution in [0.25, 0.3) is 0 Å². The molecule has 1 aliphatic carbocycles. The smallest absolute Gasteiger partial charge is 0.409 e. The number of carbonyl (C=O) groups excluding carboxylic acids is 2. The van der Waals surface area contributed by atoms with E-state index in [0.717, 1.165) is 12.8 Å². The highest BCUT2D eigenvalue weighted by Crippen LogP contribution is 2.26. The zero-order valence-electron chi connectivity index (χ0n) is 8.99. The first-order chi connectivity index (χ1) is 7.19. The number of rotatable bonds is 4. The monoisotopic (exact) mass is 216 g/mol. The third-order valence-corrected chi connectivity index (χ3v) is 2.20. The first kappa shape index (κ1) is 11.6. The topological polar surface area (TPSA) is 67.9 Å². The molecule has 2 amide bonds. The molecule has 86 valence electrons. The summed E-state index contributed by atoms with van der Waals surface area (Å²) in [6.45, 7) is 0.824. The molecule has 0 atom stereocenters. The van der Waals surface area contributed by atoms with Crippen molar-refractivity contribution in [2.75, 3.05) is 27.3 Å². The van der Waals surface area contributed by atoms with Gasteiger partial charge in [-0.3, -0.25) is 0 Å². The number of alkyl carbamates (subject to hydrolysis) is 1. The van der Waals surface area contributed by atoms with E-state index in [2.05, 4.69) is 14.8 Å². The van der Waals surface area contributed by atoms with Gasteiger partial charge in [-0.1, -0.05) is 0 Å². The molecule has 0 radical (unpaired) electrons. The Hall–Kier alpha value is -1.46. The minimum Gasteiger partial charge on any atom is -0.453 e. The Morgan fingerprint density at radius 1 is 1.33 bits per heavy atom. The summed E-state index contributed by atoms with van der Waals surface area (Å²) in [5.41, 5.74) is 0. The van der Waals surface area contributed by atoms with Gasteiger partial charge < -0.3 is 19.7 Å². The van der Waals surface area contributed by atoms with Crippen molar-refractivity contribution < 1.29 is 19.1 Å². The fourth-order valence-corrected chi connectivity index (χ4v) is 1.28. The molecule has 1 rings (SSSR count). The maximum atomic E-state index is 11.3. The van der Waals surface area contributed by atoms with Crippen molar-refractivity contribution in [1.29, 1.82) is 0 Å². The molecule has 0 aromatic rings. The number of ether oxygens (including phenoxy) is 2. The summed E-state index contributed by atoms with van der Waals surface area (Å²) in [5, 5.41) is 2.51. The van der Waals surface area contributed by atoms with Crippen LogP contribution in [0.4, 0.5) is 9.59 Å². The first-order valence-corrected chi connectivity index (χ1v) is 4.85. The van der Waals surface area contributed by atoms with Gasteiger partial charge in [0.1, 0.15) is 0 Å². The standard InChI is InChI=1S/C9H16N2O4/c1-14-8(12)10-5-6-11(7-3-4-7)9(13)15-2/h7H,3-6H2,1-2H3,(H,10,12). The molecule has 15 heavy (non-hydrogen) atoms. The van der Waals surface area contributed by atoms with Crippen molar-refractivity contribution in [3.63, 3.8) is 0 Å². The Kier molecular flexibility index (Phi) is 4.20. The second-order valence-corrected chi connectivity index (χ2v) is 3.31. The summed E-state index contributed by atoms with van der Waals surface area (Å²) >= 11 is 0. The number of hydrogen-bond donors (Lipinski definition) is 1. The van der Waals surface area contributed by atoms with Crippen molar-refractivity contribution in [2.45, 2.75) is 18.9 Å². The third kappa shape index (κ3) is 3.65. The fourth-order valence-electron chi connectivity index (χ4n) is 1.28.